The molecule has 118 valence electrons. The van der Waals surface area contributed by atoms with E-state index < -0.39 is 11.9 Å². The van der Waals surface area contributed by atoms with Gasteiger partial charge in [0.15, 0.2) is 10.9 Å². The van der Waals surface area contributed by atoms with Gasteiger partial charge in [-0.1, -0.05) is 22.0 Å². The van der Waals surface area contributed by atoms with Crippen molar-refractivity contribution in [3.8, 4) is 11.5 Å². The lowest BCUT2D eigenvalue weighted by Gasteiger charge is -2.09. The maximum Gasteiger partial charge on any atom is 0.433 e. The van der Waals surface area contributed by atoms with Crippen molar-refractivity contribution in [2.45, 2.75) is 16.2 Å². The first kappa shape index (κ1) is 16.1. The van der Waals surface area contributed by atoms with E-state index in [1.807, 2.05) is 6.07 Å². The third-order valence-corrected chi connectivity index (χ3v) is 4.12. The highest BCUT2D eigenvalue weighted by Gasteiger charge is 2.34. The van der Waals surface area contributed by atoms with Gasteiger partial charge in [0.25, 0.3) is 0 Å². The summed E-state index contributed by atoms with van der Waals surface area (Å²) in [6.07, 6.45) is -3.18. The second-order valence-electron chi connectivity index (χ2n) is 4.46. The van der Waals surface area contributed by atoms with Crippen LogP contribution in [0.4, 0.5) is 13.2 Å². The van der Waals surface area contributed by atoms with E-state index in [-0.39, 0.29) is 16.6 Å². The smallest absolute Gasteiger partial charge is 0.433 e. The summed E-state index contributed by atoms with van der Waals surface area (Å²) in [7, 11) is 0. The molecule has 23 heavy (non-hydrogen) atoms. The Morgan fingerprint density at radius 2 is 1.87 bits per heavy atom. The lowest BCUT2D eigenvalue weighted by Crippen LogP contribution is -2.10. The SMILES string of the molecule is FC(F)(F)c1cc(-c2ccco2)nc(Sc2cccc(Br)c2)n1. The molecular weight excluding hydrogens is 393 g/mol. The van der Waals surface area contributed by atoms with Gasteiger partial charge in [-0.25, -0.2) is 9.97 Å². The Hall–Kier alpha value is -1.80. The molecule has 0 bridgehead atoms. The maximum atomic E-state index is 13.1. The van der Waals surface area contributed by atoms with Crippen molar-refractivity contribution >= 4 is 27.7 Å². The van der Waals surface area contributed by atoms with Crippen molar-refractivity contribution in [3.05, 3.63) is 58.9 Å². The lowest BCUT2D eigenvalue weighted by molar-refractivity contribution is -0.141. The second-order valence-corrected chi connectivity index (χ2v) is 6.41. The minimum Gasteiger partial charge on any atom is -0.463 e. The molecule has 2 aromatic heterocycles. The fraction of sp³-hybridized carbons (Fsp3) is 0.0667. The van der Waals surface area contributed by atoms with E-state index in [0.29, 0.717) is 0 Å². The molecule has 0 N–H and O–H groups in total. The molecule has 3 nitrogen and oxygen atoms in total. The lowest BCUT2D eigenvalue weighted by atomic mass is 10.2. The maximum absolute atomic E-state index is 13.1. The molecule has 0 radical (unpaired) electrons. The summed E-state index contributed by atoms with van der Waals surface area (Å²) in [4.78, 5) is 8.49. The van der Waals surface area contributed by atoms with E-state index in [1.165, 1.54) is 6.26 Å². The fourth-order valence-electron chi connectivity index (χ4n) is 1.80. The molecule has 3 rings (SSSR count). The van der Waals surface area contributed by atoms with E-state index in [4.69, 9.17) is 4.42 Å². The summed E-state index contributed by atoms with van der Waals surface area (Å²) >= 11 is 4.37. The molecule has 0 unspecified atom stereocenters. The summed E-state index contributed by atoms with van der Waals surface area (Å²) in [5.74, 6) is 0.258. The van der Waals surface area contributed by atoms with E-state index in [2.05, 4.69) is 25.9 Å². The minimum atomic E-state index is -4.56. The molecule has 8 heteroatoms. The predicted molar refractivity (Wildman–Crippen MR) is 83.0 cm³/mol. The molecule has 2 heterocycles. The number of hydrogen-bond donors (Lipinski definition) is 0. The van der Waals surface area contributed by atoms with Crippen LogP contribution in [0, 0.1) is 0 Å². The first-order chi connectivity index (χ1) is 10.9. The highest BCUT2D eigenvalue weighted by molar-refractivity contribution is 9.10. The van der Waals surface area contributed by atoms with Crippen LogP contribution in [0.3, 0.4) is 0 Å². The Kier molecular flexibility index (Phi) is 4.45. The number of halogens is 4. The average Bonchev–Trinajstić information content (AvgIpc) is 3.00. The molecule has 0 aliphatic carbocycles. The molecule has 0 aliphatic rings. The van der Waals surface area contributed by atoms with E-state index in [9.17, 15) is 13.2 Å². The quantitative estimate of drug-likeness (QED) is 0.531. The van der Waals surface area contributed by atoms with Crippen LogP contribution in [0.1, 0.15) is 5.69 Å². The Morgan fingerprint density at radius 3 is 2.52 bits per heavy atom. The van der Waals surface area contributed by atoms with Gasteiger partial charge >= 0.3 is 6.18 Å². The Labute approximate surface area is 142 Å². The van der Waals surface area contributed by atoms with Gasteiger partial charge < -0.3 is 4.42 Å². The van der Waals surface area contributed by atoms with Crippen LogP contribution < -0.4 is 0 Å². The highest BCUT2D eigenvalue weighted by Crippen LogP contribution is 2.34. The van der Waals surface area contributed by atoms with Crippen LogP contribution in [0.2, 0.25) is 0 Å². The van der Waals surface area contributed by atoms with Crippen LogP contribution in [0.25, 0.3) is 11.5 Å². The topological polar surface area (TPSA) is 38.9 Å². The molecule has 0 atom stereocenters. The molecule has 0 spiro atoms. The monoisotopic (exact) mass is 400 g/mol. The number of hydrogen-bond acceptors (Lipinski definition) is 4. The summed E-state index contributed by atoms with van der Waals surface area (Å²) in [6, 6.07) is 11.2. The highest BCUT2D eigenvalue weighted by atomic mass is 79.9. The van der Waals surface area contributed by atoms with Gasteiger partial charge in [0, 0.05) is 9.37 Å². The van der Waals surface area contributed by atoms with Gasteiger partial charge in [-0.05, 0) is 48.2 Å². The first-order valence-corrected chi connectivity index (χ1v) is 7.96. The average molecular weight is 401 g/mol. The zero-order valence-corrected chi connectivity index (χ0v) is 13.7. The van der Waals surface area contributed by atoms with Crippen molar-refractivity contribution < 1.29 is 17.6 Å². The van der Waals surface area contributed by atoms with Gasteiger partial charge in [0.2, 0.25) is 0 Å². The molecule has 0 amide bonds. The largest absolute Gasteiger partial charge is 0.463 e. The number of furan rings is 1. The van der Waals surface area contributed by atoms with Gasteiger partial charge in [0.1, 0.15) is 11.4 Å². The summed E-state index contributed by atoms with van der Waals surface area (Å²) in [6.45, 7) is 0. The van der Waals surface area contributed by atoms with Crippen molar-refractivity contribution in [1.29, 1.82) is 0 Å². The van der Waals surface area contributed by atoms with Crippen molar-refractivity contribution in [2.75, 3.05) is 0 Å². The number of aromatic nitrogens is 2. The standard InChI is InChI=1S/C15H8BrF3N2OS/c16-9-3-1-4-10(7-9)23-14-20-11(12-5-2-6-22-12)8-13(21-14)15(17,18)19/h1-8H. The molecule has 0 saturated carbocycles. The van der Waals surface area contributed by atoms with Crippen LogP contribution in [-0.2, 0) is 6.18 Å². The molecule has 0 saturated heterocycles. The number of alkyl halides is 3. The van der Waals surface area contributed by atoms with E-state index in [0.717, 1.165) is 27.2 Å². The van der Waals surface area contributed by atoms with Gasteiger partial charge in [0.05, 0.1) is 6.26 Å². The zero-order valence-electron chi connectivity index (χ0n) is 11.3. The Bertz CT molecular complexity index is 822. The Balaban J connectivity index is 2.03. The molecule has 0 fully saturated rings. The van der Waals surface area contributed by atoms with Gasteiger partial charge in [-0.3, -0.25) is 0 Å². The Morgan fingerprint density at radius 1 is 1.04 bits per heavy atom. The minimum absolute atomic E-state index is 0.00400. The third kappa shape index (κ3) is 3.94. The first-order valence-electron chi connectivity index (χ1n) is 6.35. The van der Waals surface area contributed by atoms with E-state index in [1.54, 1.807) is 30.3 Å². The summed E-state index contributed by atoms with van der Waals surface area (Å²) < 4.78 is 45.1. The van der Waals surface area contributed by atoms with Crippen molar-refractivity contribution in [2.24, 2.45) is 0 Å². The van der Waals surface area contributed by atoms with Crippen molar-refractivity contribution in [3.63, 3.8) is 0 Å². The number of rotatable bonds is 3. The second kappa shape index (κ2) is 6.37. The molecular formula is C15H8BrF3N2OS. The summed E-state index contributed by atoms with van der Waals surface area (Å²) in [5, 5.41) is 0.00400. The van der Waals surface area contributed by atoms with Crippen LogP contribution >= 0.6 is 27.7 Å². The molecule has 3 aromatic rings. The van der Waals surface area contributed by atoms with E-state index >= 15 is 0 Å². The van der Waals surface area contributed by atoms with Gasteiger partial charge in [-0.2, -0.15) is 13.2 Å². The molecule has 0 aliphatic heterocycles. The predicted octanol–water partition coefficient (Wildman–Crippen LogP) is 5.67. The summed E-state index contributed by atoms with van der Waals surface area (Å²) in [5.41, 5.74) is -0.911. The van der Waals surface area contributed by atoms with Crippen LogP contribution in [0.15, 0.2) is 67.7 Å². The number of nitrogens with zero attached hydrogens (tertiary/aromatic N) is 2. The van der Waals surface area contributed by atoms with Crippen LogP contribution in [-0.4, -0.2) is 9.97 Å². The van der Waals surface area contributed by atoms with Crippen molar-refractivity contribution in [1.82, 2.24) is 9.97 Å². The zero-order chi connectivity index (χ0) is 16.4. The van der Waals surface area contributed by atoms with Gasteiger partial charge in [-0.15, -0.1) is 0 Å². The van der Waals surface area contributed by atoms with Crippen LogP contribution in [0.5, 0.6) is 0 Å². The number of benzene rings is 1. The molecule has 1 aromatic carbocycles. The fourth-order valence-corrected chi connectivity index (χ4v) is 3.18. The third-order valence-electron chi connectivity index (χ3n) is 2.77. The normalized spacial score (nSPS) is 11.7.